The molecule has 0 aromatic rings. The van der Waals surface area contributed by atoms with Crippen LogP contribution in [0.25, 0.3) is 0 Å². The van der Waals surface area contributed by atoms with Crippen molar-refractivity contribution in [3.05, 3.63) is 12.2 Å². The lowest BCUT2D eigenvalue weighted by molar-refractivity contribution is -0.155. The number of aliphatic hydroxyl groups excluding tert-OH is 2. The summed E-state index contributed by atoms with van der Waals surface area (Å²) in [5.41, 5.74) is -1.12. The van der Waals surface area contributed by atoms with Crippen LogP contribution in [0.2, 0.25) is 0 Å². The van der Waals surface area contributed by atoms with Crippen molar-refractivity contribution in [2.75, 3.05) is 26.4 Å². The molecule has 1 fully saturated rings. The molecule has 432 valence electrons. The predicted octanol–water partition coefficient (Wildman–Crippen LogP) is 21.1. The van der Waals surface area contributed by atoms with Crippen molar-refractivity contribution >= 4 is 11.9 Å². The zero-order valence-corrected chi connectivity index (χ0v) is 49.2. The number of unbranched alkanes of at least 4 members (excludes halogenated alkanes) is 53. The van der Waals surface area contributed by atoms with Crippen LogP contribution in [0, 0.1) is 11.3 Å². The summed E-state index contributed by atoms with van der Waals surface area (Å²) in [5, 5.41) is 19.2. The molecule has 0 aromatic heterocycles. The molecule has 0 amide bonds. The molecule has 0 aliphatic carbocycles. The van der Waals surface area contributed by atoms with E-state index in [0.29, 0.717) is 6.42 Å². The fourth-order valence-electron chi connectivity index (χ4n) is 11.2. The van der Waals surface area contributed by atoms with Crippen molar-refractivity contribution in [3.63, 3.8) is 0 Å². The zero-order chi connectivity index (χ0) is 52.5. The maximum atomic E-state index is 12.6. The fraction of sp³-hybridized carbons (Fsp3) is 0.940. The van der Waals surface area contributed by atoms with E-state index >= 15 is 0 Å². The van der Waals surface area contributed by atoms with Gasteiger partial charge in [0.05, 0.1) is 31.0 Å². The fourth-order valence-corrected chi connectivity index (χ4v) is 11.2. The second-order valence-electron chi connectivity index (χ2n) is 23.9. The first kappa shape index (κ1) is 69.6. The number of ether oxygens (including phenoxy) is 2. The van der Waals surface area contributed by atoms with Crippen LogP contribution in [-0.2, 0) is 19.1 Å². The normalized spacial score (nSPS) is 15.2. The average Bonchev–Trinajstić information content (AvgIpc) is 3.46. The maximum Gasteiger partial charge on any atom is 0.309 e. The van der Waals surface area contributed by atoms with Crippen LogP contribution in [-0.4, -0.2) is 48.6 Å². The molecule has 0 spiro atoms. The smallest absolute Gasteiger partial charge is 0.309 e. The molecule has 1 aliphatic heterocycles. The predicted molar refractivity (Wildman–Crippen MR) is 315 cm³/mol. The number of carbonyl (C=O) groups excluding carboxylic acids is 2. The molecule has 0 aromatic carbocycles. The van der Waals surface area contributed by atoms with Gasteiger partial charge in [0, 0.05) is 0 Å². The standard InChI is InChI=1S/C67H128O6/c1-2-3-4-5-6-7-8-9-10-11-12-13-14-15-16-17-18-19-20-21-22-23-24-25-26-27-28-29-30-31-32-33-34-35-36-37-38-39-40-41-42-43-44-45-46-47-48-49-50-51-52-53-54-55-56-57-58-64-59-65(70)72-62-67(60-68,61-69)63-73-66(64)71/h2-3,64,68-69H,4-63H2,1H3/b3-2+. The van der Waals surface area contributed by atoms with E-state index in [0.717, 1.165) is 19.3 Å². The van der Waals surface area contributed by atoms with Gasteiger partial charge in [-0.2, -0.15) is 0 Å². The van der Waals surface area contributed by atoms with Crippen molar-refractivity contribution in [1.82, 2.24) is 0 Å². The number of hydrogen-bond acceptors (Lipinski definition) is 6. The molecular weight excluding hydrogens is 901 g/mol. The van der Waals surface area contributed by atoms with E-state index in [-0.39, 0.29) is 19.6 Å². The minimum absolute atomic E-state index is 0.00529. The molecule has 1 unspecified atom stereocenters. The monoisotopic (exact) mass is 1030 g/mol. The molecule has 1 saturated heterocycles. The van der Waals surface area contributed by atoms with Crippen molar-refractivity contribution in [2.45, 2.75) is 366 Å². The van der Waals surface area contributed by atoms with Gasteiger partial charge >= 0.3 is 11.9 Å². The lowest BCUT2D eigenvalue weighted by atomic mass is 9.92. The second kappa shape index (κ2) is 56.8. The molecule has 0 radical (unpaired) electrons. The quantitative estimate of drug-likeness (QED) is 0.0358. The molecule has 0 saturated carbocycles. The molecule has 0 bridgehead atoms. The number of allylic oxidation sites excluding steroid dienone is 2. The molecule has 6 nitrogen and oxygen atoms in total. The third-order valence-corrected chi connectivity index (χ3v) is 16.6. The first-order valence-electron chi connectivity index (χ1n) is 33.2. The number of aliphatic hydroxyl groups is 2. The maximum absolute atomic E-state index is 12.6. The van der Waals surface area contributed by atoms with E-state index in [9.17, 15) is 19.8 Å². The lowest BCUT2D eigenvalue weighted by Crippen LogP contribution is -2.40. The Kier molecular flexibility index (Phi) is 54.2. The molecule has 73 heavy (non-hydrogen) atoms. The van der Waals surface area contributed by atoms with E-state index in [1.165, 1.54) is 327 Å². The summed E-state index contributed by atoms with van der Waals surface area (Å²) in [6.07, 6.45) is 81.8. The third kappa shape index (κ3) is 48.7. The van der Waals surface area contributed by atoms with Gasteiger partial charge in [0.1, 0.15) is 13.2 Å². The minimum Gasteiger partial charge on any atom is -0.465 e. The van der Waals surface area contributed by atoms with Gasteiger partial charge in [-0.1, -0.05) is 346 Å². The number of hydrogen-bond donors (Lipinski definition) is 2. The van der Waals surface area contributed by atoms with Gasteiger partial charge in [0.2, 0.25) is 0 Å². The van der Waals surface area contributed by atoms with Gasteiger partial charge in [-0.3, -0.25) is 9.59 Å². The number of carbonyl (C=O) groups is 2. The molecular formula is C67H128O6. The topological polar surface area (TPSA) is 93.1 Å². The van der Waals surface area contributed by atoms with Gasteiger partial charge in [-0.15, -0.1) is 0 Å². The summed E-state index contributed by atoms with van der Waals surface area (Å²) in [6.45, 7) is 1.04. The summed E-state index contributed by atoms with van der Waals surface area (Å²) in [7, 11) is 0. The van der Waals surface area contributed by atoms with Crippen molar-refractivity contribution < 1.29 is 29.3 Å². The van der Waals surface area contributed by atoms with Crippen LogP contribution in [0.3, 0.4) is 0 Å². The summed E-state index contributed by atoms with van der Waals surface area (Å²) in [4.78, 5) is 24.8. The largest absolute Gasteiger partial charge is 0.465 e. The molecule has 2 N–H and O–H groups in total. The Morgan fingerprint density at radius 1 is 0.356 bits per heavy atom. The number of esters is 2. The van der Waals surface area contributed by atoms with Crippen LogP contribution < -0.4 is 0 Å². The number of cyclic esters (lactones) is 2. The van der Waals surface area contributed by atoms with Crippen LogP contribution >= 0.6 is 0 Å². The van der Waals surface area contributed by atoms with Crippen LogP contribution in [0.4, 0.5) is 0 Å². The van der Waals surface area contributed by atoms with Crippen LogP contribution in [0.15, 0.2) is 12.2 Å². The van der Waals surface area contributed by atoms with Gasteiger partial charge < -0.3 is 19.7 Å². The summed E-state index contributed by atoms with van der Waals surface area (Å²) < 4.78 is 10.6. The average molecular weight is 1030 g/mol. The van der Waals surface area contributed by atoms with E-state index in [2.05, 4.69) is 19.1 Å². The number of rotatable bonds is 58. The SMILES string of the molecule is C/C=C/CCCCCCCCCCCCCCCCCCCCCCCCCCCCCCCCCCCCCCCCCCCCCCCCCCCCCCCC1CC(=O)OCC(CO)(CO)COC1=O. The van der Waals surface area contributed by atoms with Crippen LogP contribution in [0.1, 0.15) is 366 Å². The Morgan fingerprint density at radius 3 is 0.808 bits per heavy atom. The van der Waals surface area contributed by atoms with E-state index in [4.69, 9.17) is 9.47 Å². The highest BCUT2D eigenvalue weighted by molar-refractivity contribution is 5.80. The molecule has 1 atom stereocenters. The van der Waals surface area contributed by atoms with Gasteiger partial charge in [-0.25, -0.2) is 0 Å². The molecule has 1 heterocycles. The summed E-state index contributed by atoms with van der Waals surface area (Å²) in [5.74, 6) is -1.40. The van der Waals surface area contributed by atoms with E-state index < -0.39 is 36.5 Å². The molecule has 6 heteroatoms. The Bertz CT molecular complexity index is 1150. The van der Waals surface area contributed by atoms with E-state index in [1.54, 1.807) is 0 Å². The zero-order valence-electron chi connectivity index (χ0n) is 49.2. The van der Waals surface area contributed by atoms with Gasteiger partial charge in [-0.05, 0) is 26.2 Å². The van der Waals surface area contributed by atoms with Crippen molar-refractivity contribution in [3.8, 4) is 0 Å². The lowest BCUT2D eigenvalue weighted by Gasteiger charge is -2.27. The molecule has 1 aliphatic rings. The Morgan fingerprint density at radius 2 is 0.575 bits per heavy atom. The first-order valence-corrected chi connectivity index (χ1v) is 33.2. The molecule has 1 rings (SSSR count). The second-order valence-corrected chi connectivity index (χ2v) is 23.9. The summed E-state index contributed by atoms with van der Waals surface area (Å²) in [6, 6.07) is 0. The van der Waals surface area contributed by atoms with E-state index in [1.807, 2.05) is 0 Å². The minimum atomic E-state index is -1.12. The highest BCUT2D eigenvalue weighted by Crippen LogP contribution is 2.25. The summed E-state index contributed by atoms with van der Waals surface area (Å²) >= 11 is 0. The van der Waals surface area contributed by atoms with Crippen molar-refractivity contribution in [1.29, 1.82) is 0 Å². The van der Waals surface area contributed by atoms with Gasteiger partial charge in [0.25, 0.3) is 0 Å². The Labute approximate surface area is 455 Å². The highest BCUT2D eigenvalue weighted by Gasteiger charge is 2.36. The van der Waals surface area contributed by atoms with Crippen molar-refractivity contribution in [2.24, 2.45) is 11.3 Å². The van der Waals surface area contributed by atoms with Gasteiger partial charge in [0.15, 0.2) is 0 Å². The third-order valence-electron chi connectivity index (χ3n) is 16.6. The van der Waals surface area contributed by atoms with Crippen LogP contribution in [0.5, 0.6) is 0 Å². The highest BCUT2D eigenvalue weighted by atomic mass is 16.6. The Hall–Kier alpha value is -1.40. The first-order chi connectivity index (χ1) is 36.1. The Balaban J connectivity index is 1.66.